The lowest BCUT2D eigenvalue weighted by atomic mass is 10.1. The minimum Gasteiger partial charge on any atom is -0.424 e. The Morgan fingerprint density at radius 3 is 0.894 bits per heavy atom. The summed E-state index contributed by atoms with van der Waals surface area (Å²) in [5.74, 6) is 0.106. The van der Waals surface area contributed by atoms with Crippen LogP contribution in [0.1, 0.15) is 189 Å². The first-order valence-corrected chi connectivity index (χ1v) is 25.2. The molecule has 66 heavy (non-hydrogen) atoms. The largest absolute Gasteiger partial charge is 0.424 e. The number of fused-ring (bicyclic) bond motifs is 8. The minimum atomic E-state index is -0.248. The maximum absolute atomic E-state index is 13.8. The highest BCUT2D eigenvalue weighted by Crippen LogP contribution is 2.34. The van der Waals surface area contributed by atoms with Gasteiger partial charge in [-0.2, -0.15) is 19.9 Å². The van der Waals surface area contributed by atoms with E-state index < -0.39 is 0 Å². The smallest absolute Gasteiger partial charge is 0.329 e. The molecule has 0 atom stereocenters. The number of hydrogen-bond acceptors (Lipinski definition) is 12. The van der Waals surface area contributed by atoms with Crippen LogP contribution in [0.15, 0.2) is 36.4 Å². The Hall–Kier alpha value is -4.82. The molecule has 8 bridgehead atoms. The second-order valence-corrected chi connectivity index (χ2v) is 18.0. The van der Waals surface area contributed by atoms with Crippen LogP contribution in [0.4, 0.5) is 0 Å². The highest BCUT2D eigenvalue weighted by Gasteiger charge is 2.21. The predicted molar refractivity (Wildman–Crippen MR) is 259 cm³/mol. The van der Waals surface area contributed by atoms with Crippen molar-refractivity contribution in [1.82, 2.24) is 39.7 Å². The van der Waals surface area contributed by atoms with Crippen molar-refractivity contribution in [2.24, 2.45) is 0 Å². The Morgan fingerprint density at radius 2 is 0.636 bits per heavy atom. The third kappa shape index (κ3) is 18.8. The van der Waals surface area contributed by atoms with E-state index in [4.69, 9.17) is 42.1 Å². The lowest BCUT2D eigenvalue weighted by molar-refractivity contribution is 0.0784. The molecule has 5 rings (SSSR count). The van der Waals surface area contributed by atoms with Crippen LogP contribution in [0.5, 0.6) is 47.0 Å². The molecule has 0 radical (unpaired) electrons. The van der Waals surface area contributed by atoms with Gasteiger partial charge >= 0.3 is 24.0 Å². The summed E-state index contributed by atoms with van der Waals surface area (Å²) in [4.78, 5) is 56.2. The number of halogens is 2. The fourth-order valence-electron chi connectivity index (χ4n) is 7.88. The summed E-state index contributed by atoms with van der Waals surface area (Å²) in [5, 5.41) is -0.426. The number of unbranched alkanes of at least 4 members (excludes halogenated alkanes) is 22. The minimum absolute atomic E-state index is 0.151. The van der Waals surface area contributed by atoms with Gasteiger partial charge in [-0.1, -0.05) is 155 Å². The van der Waals surface area contributed by atoms with Gasteiger partial charge in [-0.3, -0.25) is 9.59 Å². The molecule has 0 saturated carbocycles. The van der Waals surface area contributed by atoms with Crippen LogP contribution < -0.4 is 18.9 Å². The number of aromatic nitrogens is 6. The molecule has 3 heterocycles. The van der Waals surface area contributed by atoms with E-state index in [2.05, 4.69) is 43.8 Å². The number of amides is 2. The standard InChI is InChI=1S/C50H70Cl2N8O6/c1-5-7-9-11-13-15-17-19-21-23-25-27-29-59(3)43(61)37-31-39-35-40(32-37)64-48-54-46(52)56-50(58-48)66-42-34-38(33-41(36-42)65-49-55-45(51)53-47(57-49)63-39)44(62)60(4)30-28-26-24-22-20-18-16-14-12-10-8-6-2/h31-36H,5-30H2,1-4H3. The third-order valence-corrected chi connectivity index (χ3v) is 12.0. The van der Waals surface area contributed by atoms with E-state index >= 15 is 0 Å². The zero-order valence-corrected chi connectivity index (χ0v) is 41.1. The molecule has 0 saturated heterocycles. The number of nitrogens with zero attached hydrogens (tertiary/aromatic N) is 8. The van der Waals surface area contributed by atoms with E-state index in [0.717, 1.165) is 38.5 Å². The second-order valence-electron chi connectivity index (χ2n) is 17.4. The Kier molecular flexibility index (Phi) is 23.0. The van der Waals surface area contributed by atoms with Gasteiger partial charge in [0, 0.05) is 50.4 Å². The van der Waals surface area contributed by atoms with Crippen LogP contribution in [0, 0.1) is 0 Å². The maximum atomic E-state index is 13.8. The quantitative estimate of drug-likeness (QED) is 0.0438. The highest BCUT2D eigenvalue weighted by atomic mass is 35.5. The average molecular weight is 950 g/mol. The fraction of sp³-hybridized carbons (Fsp3) is 0.600. The van der Waals surface area contributed by atoms with Crippen LogP contribution >= 0.6 is 23.2 Å². The molecule has 2 amide bonds. The first kappa shape index (κ1) is 52.2. The molecule has 0 fully saturated rings. The lowest BCUT2D eigenvalue weighted by Crippen LogP contribution is -2.27. The van der Waals surface area contributed by atoms with Gasteiger partial charge in [-0.05, 0) is 60.3 Å². The summed E-state index contributed by atoms with van der Waals surface area (Å²) < 4.78 is 24.3. The molecule has 2 aromatic carbocycles. The molecular weight excluding hydrogens is 880 g/mol. The van der Waals surface area contributed by atoms with Gasteiger partial charge in [0.2, 0.25) is 10.6 Å². The normalized spacial score (nSPS) is 11.8. The summed E-state index contributed by atoms with van der Waals surface area (Å²) in [6, 6.07) is 8.39. The molecule has 16 heteroatoms. The van der Waals surface area contributed by atoms with Crippen molar-refractivity contribution < 1.29 is 28.5 Å². The van der Waals surface area contributed by atoms with Crippen molar-refractivity contribution >= 4 is 35.0 Å². The van der Waals surface area contributed by atoms with Gasteiger partial charge in [0.1, 0.15) is 23.0 Å². The molecule has 0 aliphatic carbocycles. The van der Waals surface area contributed by atoms with Crippen LogP contribution in [-0.2, 0) is 0 Å². The number of carbonyl (C=O) groups is 2. The van der Waals surface area contributed by atoms with Gasteiger partial charge in [0.15, 0.2) is 0 Å². The van der Waals surface area contributed by atoms with Crippen molar-refractivity contribution in [3.05, 3.63) is 58.1 Å². The van der Waals surface area contributed by atoms with Crippen molar-refractivity contribution in [3.8, 4) is 47.0 Å². The zero-order valence-electron chi connectivity index (χ0n) is 39.6. The highest BCUT2D eigenvalue weighted by molar-refractivity contribution is 6.28. The average Bonchev–Trinajstić information content (AvgIpc) is 3.28. The SMILES string of the molecule is CCCCCCCCCCCCCCN(C)C(=O)c1cc2cc(c1)Oc1nc(Cl)nc(n1)Oc1cc(cc(C(=O)N(C)CCCCCCCCCCCCCC)c1)Oc1nc(Cl)nc(n1)O2. The Morgan fingerprint density at radius 1 is 0.394 bits per heavy atom. The van der Waals surface area contributed by atoms with Gasteiger partial charge in [0.05, 0.1) is 0 Å². The van der Waals surface area contributed by atoms with E-state index in [1.807, 2.05) is 0 Å². The number of carbonyl (C=O) groups excluding carboxylic acids is 2. The molecule has 0 unspecified atom stereocenters. The van der Waals surface area contributed by atoms with E-state index in [0.29, 0.717) is 13.1 Å². The molecular formula is C50H70Cl2N8O6. The van der Waals surface area contributed by atoms with E-state index in [9.17, 15) is 9.59 Å². The summed E-state index contributed by atoms with van der Waals surface area (Å²) in [5.41, 5.74) is 0.545. The van der Waals surface area contributed by atoms with Crippen molar-refractivity contribution in [3.63, 3.8) is 0 Å². The first-order chi connectivity index (χ1) is 32.1. The monoisotopic (exact) mass is 948 g/mol. The Bertz CT molecular complexity index is 1880. The molecule has 14 nitrogen and oxygen atoms in total. The molecule has 1 aliphatic rings. The zero-order chi connectivity index (χ0) is 46.9. The third-order valence-electron chi connectivity index (χ3n) is 11.6. The second kappa shape index (κ2) is 29.0. The van der Waals surface area contributed by atoms with Crippen molar-refractivity contribution in [2.45, 2.75) is 168 Å². The fourth-order valence-corrected chi connectivity index (χ4v) is 8.17. The summed E-state index contributed by atoms with van der Waals surface area (Å²) >= 11 is 12.7. The number of hydrogen-bond donors (Lipinski definition) is 0. The molecule has 0 spiro atoms. The molecule has 4 aromatic rings. The lowest BCUT2D eigenvalue weighted by Gasteiger charge is -2.19. The molecule has 1 aliphatic heterocycles. The van der Waals surface area contributed by atoms with Crippen molar-refractivity contribution in [2.75, 3.05) is 27.2 Å². The van der Waals surface area contributed by atoms with Gasteiger partial charge in [-0.25, -0.2) is 0 Å². The van der Waals surface area contributed by atoms with Gasteiger partial charge in [-0.15, -0.1) is 9.97 Å². The van der Waals surface area contributed by atoms with Crippen LogP contribution in [0.2, 0.25) is 10.6 Å². The topological polar surface area (TPSA) is 155 Å². The number of ether oxygens (including phenoxy) is 4. The summed E-state index contributed by atoms with van der Waals surface area (Å²) in [6.45, 7) is 5.65. The molecule has 0 N–H and O–H groups in total. The Labute approximate surface area is 401 Å². The van der Waals surface area contributed by atoms with Gasteiger partial charge in [0.25, 0.3) is 11.8 Å². The number of rotatable bonds is 28. The summed E-state index contributed by atoms with van der Waals surface area (Å²) in [7, 11) is 3.54. The molecule has 360 valence electrons. The summed E-state index contributed by atoms with van der Waals surface area (Å²) in [6.07, 6.45) is 29.5. The first-order valence-electron chi connectivity index (χ1n) is 24.5. The maximum Gasteiger partial charge on any atom is 0.329 e. The van der Waals surface area contributed by atoms with Crippen LogP contribution in [-0.4, -0.2) is 78.7 Å². The van der Waals surface area contributed by atoms with E-state index in [1.54, 1.807) is 48.2 Å². The Balaban J connectivity index is 1.24. The van der Waals surface area contributed by atoms with Crippen LogP contribution in [0.25, 0.3) is 0 Å². The van der Waals surface area contributed by atoms with E-state index in [-0.39, 0.29) is 80.5 Å². The molecule has 2 aromatic heterocycles. The van der Waals surface area contributed by atoms with Crippen LogP contribution in [0.3, 0.4) is 0 Å². The van der Waals surface area contributed by atoms with E-state index in [1.165, 1.54) is 128 Å². The number of benzene rings is 2. The predicted octanol–water partition coefficient (Wildman–Crippen LogP) is 14.4. The van der Waals surface area contributed by atoms with Crippen molar-refractivity contribution in [1.29, 1.82) is 0 Å². The van der Waals surface area contributed by atoms with Gasteiger partial charge < -0.3 is 28.7 Å².